The molecule has 58 heavy (non-hydrogen) atoms. The molecule has 3 aromatic heterocycles. The van der Waals surface area contributed by atoms with E-state index in [9.17, 15) is 0 Å². The molecule has 0 radical (unpaired) electrons. The van der Waals surface area contributed by atoms with E-state index in [-0.39, 0.29) is 0 Å². The van der Waals surface area contributed by atoms with Gasteiger partial charge in [-0.2, -0.15) is 0 Å². The van der Waals surface area contributed by atoms with Crippen LogP contribution in [0.25, 0.3) is 104 Å². The number of hydrogen-bond donors (Lipinski definition) is 0. The van der Waals surface area contributed by atoms with Gasteiger partial charge in [0.1, 0.15) is 0 Å². The van der Waals surface area contributed by atoms with Crippen LogP contribution in [-0.4, -0.2) is 14.5 Å². The molecule has 0 fully saturated rings. The number of nitrogens with zero attached hydrogens (tertiary/aromatic N) is 3. The zero-order valence-electron chi connectivity index (χ0n) is 31.5. The van der Waals surface area contributed by atoms with Gasteiger partial charge in [-0.3, -0.25) is 0 Å². The van der Waals surface area contributed by atoms with Crippen LogP contribution in [-0.2, 0) is 0 Å². The van der Waals surface area contributed by atoms with Crippen LogP contribution in [0.5, 0.6) is 0 Å². The summed E-state index contributed by atoms with van der Waals surface area (Å²) in [6, 6.07) is 75.4. The molecule has 0 N–H and O–H groups in total. The number of hydrogen-bond acceptors (Lipinski definition) is 3. The second-order valence-electron chi connectivity index (χ2n) is 14.5. The van der Waals surface area contributed by atoms with Crippen LogP contribution in [0.1, 0.15) is 0 Å². The van der Waals surface area contributed by atoms with E-state index in [0.29, 0.717) is 5.82 Å². The lowest BCUT2D eigenvalue weighted by Crippen LogP contribution is -1.97. The highest BCUT2D eigenvalue weighted by Crippen LogP contribution is 2.49. The van der Waals surface area contributed by atoms with Crippen molar-refractivity contribution in [3.8, 4) is 72.3 Å². The lowest BCUT2D eigenvalue weighted by Gasteiger charge is -2.12. The highest BCUT2D eigenvalue weighted by atomic mass is 32.1. The molecule has 3 heterocycles. The van der Waals surface area contributed by atoms with Crippen LogP contribution in [0.4, 0.5) is 0 Å². The summed E-state index contributed by atoms with van der Waals surface area (Å²) in [5, 5.41) is 3.81. The van der Waals surface area contributed by atoms with Gasteiger partial charge in [-0.05, 0) is 64.7 Å². The Morgan fingerprint density at radius 2 is 0.862 bits per heavy atom. The molecule has 0 spiro atoms. The highest BCUT2D eigenvalue weighted by molar-refractivity contribution is 7.24. The minimum absolute atomic E-state index is 0.694. The van der Waals surface area contributed by atoms with Gasteiger partial charge < -0.3 is 4.57 Å². The first-order valence-corrected chi connectivity index (χ1v) is 20.4. The summed E-state index contributed by atoms with van der Waals surface area (Å²) < 4.78 is 3.70. The van der Waals surface area contributed by atoms with Crippen molar-refractivity contribution in [2.45, 2.75) is 0 Å². The summed E-state index contributed by atoms with van der Waals surface area (Å²) in [5.41, 5.74) is 14.4. The lowest BCUT2D eigenvalue weighted by molar-refractivity contribution is 1.16. The molecule has 0 amide bonds. The van der Waals surface area contributed by atoms with Gasteiger partial charge in [-0.1, -0.05) is 170 Å². The fourth-order valence-corrected chi connectivity index (χ4v) is 9.66. The predicted molar refractivity (Wildman–Crippen MR) is 244 cm³/mol. The Bertz CT molecular complexity index is 3220. The molecule has 0 saturated heterocycles. The Morgan fingerprint density at radius 1 is 0.362 bits per heavy atom. The van der Waals surface area contributed by atoms with Crippen molar-refractivity contribution < 1.29 is 0 Å². The third-order valence-electron chi connectivity index (χ3n) is 11.1. The van der Waals surface area contributed by atoms with E-state index >= 15 is 0 Å². The molecule has 11 rings (SSSR count). The van der Waals surface area contributed by atoms with Crippen LogP contribution in [0, 0.1) is 0 Å². The maximum atomic E-state index is 5.17. The van der Waals surface area contributed by atoms with Gasteiger partial charge >= 0.3 is 0 Å². The molecular formula is C54H35N3S. The SMILES string of the molecule is c1ccc(-c2ccc(-c3cc(-c4ccccc4)nc(-c4ccc(-n5c6ccccc6c6c7sc(-c8ccccc8)c(-c8ccccc8)c7ccc65)cc4)n3)cc2)cc1. The van der Waals surface area contributed by atoms with E-state index in [1.54, 1.807) is 0 Å². The fourth-order valence-electron chi connectivity index (χ4n) is 8.27. The van der Waals surface area contributed by atoms with E-state index in [0.717, 1.165) is 33.8 Å². The third kappa shape index (κ3) is 5.90. The van der Waals surface area contributed by atoms with E-state index in [1.807, 2.05) is 23.5 Å². The molecule has 4 heteroatoms. The van der Waals surface area contributed by atoms with Crippen LogP contribution < -0.4 is 0 Å². The first kappa shape index (κ1) is 33.9. The Morgan fingerprint density at radius 3 is 1.52 bits per heavy atom. The fraction of sp³-hybridized carbons (Fsp3) is 0. The molecule has 0 unspecified atom stereocenters. The normalized spacial score (nSPS) is 11.4. The minimum Gasteiger partial charge on any atom is -0.309 e. The van der Waals surface area contributed by atoms with Crippen molar-refractivity contribution in [3.05, 3.63) is 212 Å². The Hall–Kier alpha value is -7.40. The van der Waals surface area contributed by atoms with Gasteiger partial charge in [0.05, 0.1) is 22.4 Å². The summed E-state index contributed by atoms with van der Waals surface area (Å²) in [5.74, 6) is 0.694. The Kier molecular flexibility index (Phi) is 8.34. The van der Waals surface area contributed by atoms with Crippen molar-refractivity contribution in [1.29, 1.82) is 0 Å². The Labute approximate surface area is 340 Å². The summed E-state index contributed by atoms with van der Waals surface area (Å²) in [7, 11) is 0. The Balaban J connectivity index is 1.04. The maximum Gasteiger partial charge on any atom is 0.160 e. The lowest BCUT2D eigenvalue weighted by atomic mass is 9.98. The quantitative estimate of drug-likeness (QED) is 0.162. The first-order valence-electron chi connectivity index (χ1n) is 19.6. The second-order valence-corrected chi connectivity index (χ2v) is 15.6. The van der Waals surface area contributed by atoms with Crippen LogP contribution in [0.3, 0.4) is 0 Å². The van der Waals surface area contributed by atoms with Crippen molar-refractivity contribution in [1.82, 2.24) is 14.5 Å². The smallest absolute Gasteiger partial charge is 0.160 e. The number of fused-ring (bicyclic) bond motifs is 5. The second kappa shape index (κ2) is 14.3. The van der Waals surface area contributed by atoms with Gasteiger partial charge in [0.15, 0.2) is 5.82 Å². The van der Waals surface area contributed by atoms with Crippen LogP contribution >= 0.6 is 11.3 Å². The van der Waals surface area contributed by atoms with E-state index < -0.39 is 0 Å². The van der Waals surface area contributed by atoms with Gasteiger partial charge in [-0.15, -0.1) is 11.3 Å². The van der Waals surface area contributed by atoms with Crippen molar-refractivity contribution in [2.24, 2.45) is 0 Å². The van der Waals surface area contributed by atoms with Gasteiger partial charge in [-0.25, -0.2) is 9.97 Å². The topological polar surface area (TPSA) is 30.7 Å². The van der Waals surface area contributed by atoms with Crippen LogP contribution in [0.15, 0.2) is 212 Å². The summed E-state index contributed by atoms with van der Waals surface area (Å²) >= 11 is 1.89. The summed E-state index contributed by atoms with van der Waals surface area (Å²) in [6.45, 7) is 0. The average Bonchev–Trinajstić information content (AvgIpc) is 3.87. The van der Waals surface area contributed by atoms with Crippen molar-refractivity contribution in [2.75, 3.05) is 0 Å². The first-order chi connectivity index (χ1) is 28.8. The maximum absolute atomic E-state index is 5.17. The van der Waals surface area contributed by atoms with Gasteiger partial charge in [0, 0.05) is 53.7 Å². The largest absolute Gasteiger partial charge is 0.309 e. The number of aromatic nitrogens is 3. The van der Waals surface area contributed by atoms with Gasteiger partial charge in [0.2, 0.25) is 0 Å². The summed E-state index contributed by atoms with van der Waals surface area (Å²) in [6.07, 6.45) is 0. The molecule has 0 aliphatic heterocycles. The standard InChI is InChI=1S/C54H35N3S/c1-5-15-36(16-6-1)37-25-27-39(28-26-37)47-35-46(38-17-7-2-8-18-38)55-54(56-47)42-29-31-43(32-30-42)57-48-24-14-13-23-44(48)51-49(57)34-33-45-50(40-19-9-3-10-20-40)52(58-53(45)51)41-21-11-4-12-22-41/h1-35H. The molecule has 272 valence electrons. The number of benzene rings is 8. The van der Waals surface area contributed by atoms with E-state index in [1.165, 1.54) is 64.6 Å². The van der Waals surface area contributed by atoms with Crippen LogP contribution in [0.2, 0.25) is 0 Å². The molecule has 8 aromatic carbocycles. The molecular weight excluding hydrogens is 723 g/mol. The van der Waals surface area contributed by atoms with E-state index in [2.05, 4.69) is 205 Å². The molecule has 0 saturated carbocycles. The number of thiophene rings is 1. The third-order valence-corrected chi connectivity index (χ3v) is 12.3. The van der Waals surface area contributed by atoms with E-state index in [4.69, 9.17) is 9.97 Å². The molecule has 0 aliphatic carbocycles. The zero-order chi connectivity index (χ0) is 38.4. The molecule has 0 aliphatic rings. The highest BCUT2D eigenvalue weighted by Gasteiger charge is 2.22. The van der Waals surface area contributed by atoms with Crippen molar-refractivity contribution >= 4 is 43.2 Å². The predicted octanol–water partition coefficient (Wildman–Crippen LogP) is 14.8. The average molecular weight is 758 g/mol. The minimum atomic E-state index is 0.694. The summed E-state index contributed by atoms with van der Waals surface area (Å²) in [4.78, 5) is 11.6. The number of para-hydroxylation sites is 1. The molecule has 3 nitrogen and oxygen atoms in total. The zero-order valence-corrected chi connectivity index (χ0v) is 32.3. The monoisotopic (exact) mass is 757 g/mol. The van der Waals surface area contributed by atoms with Crippen molar-refractivity contribution in [3.63, 3.8) is 0 Å². The van der Waals surface area contributed by atoms with Gasteiger partial charge in [0.25, 0.3) is 0 Å². The number of rotatable bonds is 7. The molecule has 0 bridgehead atoms. The molecule has 11 aromatic rings. The molecule has 0 atom stereocenters.